The summed E-state index contributed by atoms with van der Waals surface area (Å²) in [5.41, 5.74) is 1.91. The van der Waals surface area contributed by atoms with Gasteiger partial charge in [-0.3, -0.25) is 4.57 Å². The van der Waals surface area contributed by atoms with Crippen molar-refractivity contribution >= 4 is 11.0 Å². The molecule has 0 aliphatic carbocycles. The Kier molecular flexibility index (Phi) is 2.29. The van der Waals surface area contributed by atoms with Gasteiger partial charge in [-0.25, -0.2) is 4.79 Å². The minimum absolute atomic E-state index is 0.00639. The number of hydrogen-bond donors (Lipinski definition) is 1. The van der Waals surface area contributed by atoms with Crippen LogP contribution >= 0.6 is 0 Å². The van der Waals surface area contributed by atoms with Gasteiger partial charge in [-0.15, -0.1) is 0 Å². The van der Waals surface area contributed by atoms with E-state index in [1.807, 2.05) is 28.8 Å². The SMILES string of the molecule is O=c1[nH]c2ccccc2n1C1CCOCC1. The van der Waals surface area contributed by atoms with Gasteiger partial charge in [0.15, 0.2) is 0 Å². The van der Waals surface area contributed by atoms with Gasteiger partial charge in [0, 0.05) is 19.3 Å². The molecule has 0 unspecified atom stereocenters. The van der Waals surface area contributed by atoms with Crippen molar-refractivity contribution in [2.24, 2.45) is 0 Å². The number of aromatic amines is 1. The Balaban J connectivity index is 2.14. The van der Waals surface area contributed by atoms with Crippen LogP contribution in [0.4, 0.5) is 0 Å². The highest BCUT2D eigenvalue weighted by Crippen LogP contribution is 2.23. The molecular formula is C12H14N2O2. The Hall–Kier alpha value is -1.55. The monoisotopic (exact) mass is 218 g/mol. The Labute approximate surface area is 92.8 Å². The third kappa shape index (κ3) is 1.46. The van der Waals surface area contributed by atoms with Crippen molar-refractivity contribution < 1.29 is 4.74 Å². The van der Waals surface area contributed by atoms with E-state index in [1.165, 1.54) is 0 Å². The lowest BCUT2D eigenvalue weighted by atomic mass is 10.1. The van der Waals surface area contributed by atoms with Crippen LogP contribution in [0.1, 0.15) is 18.9 Å². The second-order valence-electron chi connectivity index (χ2n) is 4.16. The van der Waals surface area contributed by atoms with E-state index in [0.29, 0.717) is 0 Å². The molecule has 1 aliphatic heterocycles. The lowest BCUT2D eigenvalue weighted by Gasteiger charge is -2.23. The van der Waals surface area contributed by atoms with Crippen LogP contribution in [0.15, 0.2) is 29.1 Å². The summed E-state index contributed by atoms with van der Waals surface area (Å²) in [5, 5.41) is 0. The van der Waals surface area contributed by atoms with Crippen LogP contribution in [0.5, 0.6) is 0 Å². The number of rotatable bonds is 1. The maximum absolute atomic E-state index is 11.9. The number of H-pyrrole nitrogens is 1. The van der Waals surface area contributed by atoms with Gasteiger partial charge in [-0.05, 0) is 25.0 Å². The minimum Gasteiger partial charge on any atom is -0.381 e. The van der Waals surface area contributed by atoms with E-state index in [2.05, 4.69) is 4.98 Å². The lowest BCUT2D eigenvalue weighted by molar-refractivity contribution is 0.0698. The quantitative estimate of drug-likeness (QED) is 0.791. The van der Waals surface area contributed by atoms with Crippen molar-refractivity contribution in [1.82, 2.24) is 9.55 Å². The van der Waals surface area contributed by atoms with Crippen molar-refractivity contribution in [2.45, 2.75) is 18.9 Å². The van der Waals surface area contributed by atoms with Crippen LogP contribution < -0.4 is 5.69 Å². The van der Waals surface area contributed by atoms with E-state index in [4.69, 9.17) is 4.74 Å². The predicted molar refractivity (Wildman–Crippen MR) is 61.6 cm³/mol. The van der Waals surface area contributed by atoms with Gasteiger partial charge in [0.25, 0.3) is 0 Å². The van der Waals surface area contributed by atoms with Crippen molar-refractivity contribution in [3.05, 3.63) is 34.7 Å². The second-order valence-corrected chi connectivity index (χ2v) is 4.16. The summed E-state index contributed by atoms with van der Waals surface area (Å²) < 4.78 is 7.20. The first-order valence-electron chi connectivity index (χ1n) is 5.63. The highest BCUT2D eigenvalue weighted by molar-refractivity contribution is 5.75. The van der Waals surface area contributed by atoms with Crippen molar-refractivity contribution in [3.63, 3.8) is 0 Å². The molecule has 4 heteroatoms. The zero-order valence-corrected chi connectivity index (χ0v) is 8.98. The first-order chi connectivity index (χ1) is 7.86. The highest BCUT2D eigenvalue weighted by atomic mass is 16.5. The first-order valence-corrected chi connectivity index (χ1v) is 5.63. The number of fused-ring (bicyclic) bond motifs is 1. The Bertz CT molecular complexity index is 549. The molecule has 1 fully saturated rings. The summed E-state index contributed by atoms with van der Waals surface area (Å²) in [6.45, 7) is 1.49. The van der Waals surface area contributed by atoms with Crippen LogP contribution in [0, 0.1) is 0 Å². The van der Waals surface area contributed by atoms with Crippen LogP contribution in [-0.2, 0) is 4.74 Å². The fourth-order valence-corrected chi connectivity index (χ4v) is 2.38. The fraction of sp³-hybridized carbons (Fsp3) is 0.417. The molecule has 0 atom stereocenters. The number of ether oxygens (including phenoxy) is 1. The van der Waals surface area contributed by atoms with Crippen LogP contribution in [-0.4, -0.2) is 22.8 Å². The molecule has 0 saturated carbocycles. The zero-order chi connectivity index (χ0) is 11.0. The molecule has 3 rings (SSSR count). The summed E-state index contributed by atoms with van der Waals surface area (Å²) >= 11 is 0. The molecule has 1 saturated heterocycles. The van der Waals surface area contributed by atoms with Crippen LogP contribution in [0.25, 0.3) is 11.0 Å². The molecule has 1 aromatic heterocycles. The molecule has 0 amide bonds. The molecule has 0 bridgehead atoms. The smallest absolute Gasteiger partial charge is 0.326 e. The van der Waals surface area contributed by atoms with Gasteiger partial charge >= 0.3 is 5.69 Å². The Morgan fingerprint density at radius 1 is 1.25 bits per heavy atom. The van der Waals surface area contributed by atoms with E-state index in [0.717, 1.165) is 37.1 Å². The molecule has 2 aromatic rings. The number of imidazole rings is 1. The van der Waals surface area contributed by atoms with E-state index >= 15 is 0 Å². The third-order valence-electron chi connectivity index (χ3n) is 3.18. The average Bonchev–Trinajstić information content (AvgIpc) is 2.66. The summed E-state index contributed by atoms with van der Waals surface area (Å²) in [6.07, 6.45) is 1.84. The summed E-state index contributed by atoms with van der Waals surface area (Å²) in [4.78, 5) is 14.8. The zero-order valence-electron chi connectivity index (χ0n) is 8.98. The largest absolute Gasteiger partial charge is 0.381 e. The molecule has 4 nitrogen and oxygen atoms in total. The Morgan fingerprint density at radius 3 is 2.81 bits per heavy atom. The molecular weight excluding hydrogens is 204 g/mol. The van der Waals surface area contributed by atoms with Gasteiger partial charge in [0.1, 0.15) is 0 Å². The van der Waals surface area contributed by atoms with Crippen molar-refractivity contribution in [1.29, 1.82) is 0 Å². The molecule has 1 aromatic carbocycles. The van der Waals surface area contributed by atoms with Crippen LogP contribution in [0.3, 0.4) is 0 Å². The molecule has 1 aliphatic rings. The minimum atomic E-state index is -0.00639. The highest BCUT2D eigenvalue weighted by Gasteiger charge is 2.19. The Morgan fingerprint density at radius 2 is 2.00 bits per heavy atom. The third-order valence-corrected chi connectivity index (χ3v) is 3.18. The number of benzene rings is 1. The van der Waals surface area contributed by atoms with Gasteiger partial charge in [-0.1, -0.05) is 12.1 Å². The molecule has 84 valence electrons. The van der Waals surface area contributed by atoms with Gasteiger partial charge in [-0.2, -0.15) is 0 Å². The molecule has 16 heavy (non-hydrogen) atoms. The summed E-state index contributed by atoms with van der Waals surface area (Å²) in [5.74, 6) is 0. The summed E-state index contributed by atoms with van der Waals surface area (Å²) in [6, 6.07) is 8.10. The summed E-state index contributed by atoms with van der Waals surface area (Å²) in [7, 11) is 0. The van der Waals surface area contributed by atoms with E-state index in [-0.39, 0.29) is 11.7 Å². The normalized spacial score (nSPS) is 18.0. The van der Waals surface area contributed by atoms with Crippen molar-refractivity contribution in [2.75, 3.05) is 13.2 Å². The number of nitrogens with zero attached hydrogens (tertiary/aromatic N) is 1. The van der Waals surface area contributed by atoms with E-state index in [9.17, 15) is 4.79 Å². The molecule has 2 heterocycles. The fourth-order valence-electron chi connectivity index (χ4n) is 2.38. The van der Waals surface area contributed by atoms with E-state index in [1.54, 1.807) is 0 Å². The number of nitrogens with one attached hydrogen (secondary N) is 1. The number of hydrogen-bond acceptors (Lipinski definition) is 2. The van der Waals surface area contributed by atoms with Crippen LogP contribution in [0.2, 0.25) is 0 Å². The molecule has 0 radical (unpaired) electrons. The number of aromatic nitrogens is 2. The lowest BCUT2D eigenvalue weighted by Crippen LogP contribution is -2.27. The standard InChI is InChI=1S/C12H14N2O2/c15-12-13-10-3-1-2-4-11(10)14(12)9-5-7-16-8-6-9/h1-4,9H,5-8H2,(H,13,15). The maximum Gasteiger partial charge on any atom is 0.326 e. The molecule has 0 spiro atoms. The predicted octanol–water partition coefficient (Wildman–Crippen LogP) is 1.68. The first kappa shape index (κ1) is 9.66. The van der Waals surface area contributed by atoms with Crippen molar-refractivity contribution in [3.8, 4) is 0 Å². The molecule has 1 N–H and O–H groups in total. The topological polar surface area (TPSA) is 47.0 Å². The van der Waals surface area contributed by atoms with Gasteiger partial charge in [0.05, 0.1) is 11.0 Å². The average molecular weight is 218 g/mol. The van der Waals surface area contributed by atoms with Gasteiger partial charge in [0.2, 0.25) is 0 Å². The maximum atomic E-state index is 11.9. The number of para-hydroxylation sites is 2. The second kappa shape index (κ2) is 3.79. The van der Waals surface area contributed by atoms with Gasteiger partial charge < -0.3 is 9.72 Å². The van der Waals surface area contributed by atoms with E-state index < -0.39 is 0 Å².